The molecule has 0 spiro atoms. The highest BCUT2D eigenvalue weighted by Crippen LogP contribution is 2.24. The molecular weight excluding hydrogens is 383 g/mol. The molecule has 0 atom stereocenters. The lowest BCUT2D eigenvalue weighted by atomic mass is 10.1. The number of hydrogen-bond donors (Lipinski definition) is 1. The molecule has 2 aromatic rings. The molecular formula is C19H24Cl2N6. The standard InChI is InChI=1S/C19H24Cl2N6/c1-2-22-18(25-10-7-15-16(20)5-3-6-17(15)21)26-11-13-27(14-12-26)19-23-8-4-9-24-19/h3-6,8-9H,2,7,10-14H2,1H3,(H,22,25). The van der Waals surface area contributed by atoms with Gasteiger partial charge in [0.05, 0.1) is 0 Å². The van der Waals surface area contributed by atoms with Crippen LogP contribution in [0.15, 0.2) is 41.7 Å². The molecule has 1 aromatic carbocycles. The van der Waals surface area contributed by atoms with Crippen LogP contribution in [0.3, 0.4) is 0 Å². The van der Waals surface area contributed by atoms with Gasteiger partial charge in [-0.25, -0.2) is 9.97 Å². The molecule has 144 valence electrons. The summed E-state index contributed by atoms with van der Waals surface area (Å²) in [6, 6.07) is 7.42. The molecule has 1 aliphatic rings. The van der Waals surface area contributed by atoms with E-state index in [1.165, 1.54) is 0 Å². The van der Waals surface area contributed by atoms with Crippen molar-refractivity contribution in [2.24, 2.45) is 4.99 Å². The van der Waals surface area contributed by atoms with E-state index in [4.69, 9.17) is 28.2 Å². The van der Waals surface area contributed by atoms with Crippen LogP contribution in [0.4, 0.5) is 5.95 Å². The largest absolute Gasteiger partial charge is 0.357 e. The lowest BCUT2D eigenvalue weighted by molar-refractivity contribution is 0.370. The molecule has 27 heavy (non-hydrogen) atoms. The average molecular weight is 407 g/mol. The molecule has 1 N–H and O–H groups in total. The van der Waals surface area contributed by atoms with E-state index in [0.717, 1.165) is 50.2 Å². The maximum atomic E-state index is 6.25. The van der Waals surface area contributed by atoms with E-state index in [1.807, 2.05) is 24.3 Å². The highest BCUT2D eigenvalue weighted by molar-refractivity contribution is 6.35. The monoisotopic (exact) mass is 406 g/mol. The van der Waals surface area contributed by atoms with Crippen LogP contribution < -0.4 is 10.2 Å². The summed E-state index contributed by atoms with van der Waals surface area (Å²) in [5.74, 6) is 1.71. The van der Waals surface area contributed by atoms with E-state index >= 15 is 0 Å². The first-order chi connectivity index (χ1) is 13.2. The zero-order valence-corrected chi connectivity index (χ0v) is 16.9. The van der Waals surface area contributed by atoms with Gasteiger partial charge in [-0.1, -0.05) is 29.3 Å². The topological polar surface area (TPSA) is 56.7 Å². The minimum absolute atomic E-state index is 0.633. The first kappa shape index (κ1) is 19.7. The van der Waals surface area contributed by atoms with Crippen molar-refractivity contribution in [3.63, 3.8) is 0 Å². The molecule has 0 aliphatic carbocycles. The van der Waals surface area contributed by atoms with E-state index in [9.17, 15) is 0 Å². The molecule has 1 fully saturated rings. The number of anilines is 1. The fourth-order valence-electron chi connectivity index (χ4n) is 3.04. The molecule has 0 amide bonds. The van der Waals surface area contributed by atoms with Crippen molar-refractivity contribution < 1.29 is 0 Å². The second-order valence-corrected chi connectivity index (χ2v) is 7.02. The van der Waals surface area contributed by atoms with Gasteiger partial charge in [0.1, 0.15) is 0 Å². The van der Waals surface area contributed by atoms with Gasteiger partial charge < -0.3 is 15.1 Å². The number of hydrogen-bond acceptors (Lipinski definition) is 4. The summed E-state index contributed by atoms with van der Waals surface area (Å²) in [7, 11) is 0. The summed E-state index contributed by atoms with van der Waals surface area (Å²) >= 11 is 12.5. The van der Waals surface area contributed by atoms with E-state index in [1.54, 1.807) is 12.4 Å². The van der Waals surface area contributed by atoms with Crippen molar-refractivity contribution in [3.8, 4) is 0 Å². The third-order valence-corrected chi connectivity index (χ3v) is 5.14. The molecule has 0 bridgehead atoms. The zero-order chi connectivity index (χ0) is 19.1. The number of nitrogens with zero attached hydrogens (tertiary/aromatic N) is 5. The SMILES string of the molecule is CCNC(=NCCc1c(Cl)cccc1Cl)N1CCN(c2ncccn2)CC1. The molecule has 0 saturated carbocycles. The van der Waals surface area contributed by atoms with Gasteiger partial charge in [-0.15, -0.1) is 0 Å². The molecule has 1 aliphatic heterocycles. The van der Waals surface area contributed by atoms with Crippen LogP contribution in [0.2, 0.25) is 10.0 Å². The number of aliphatic imine (C=N–C) groups is 1. The van der Waals surface area contributed by atoms with Crippen LogP contribution in [0.5, 0.6) is 0 Å². The van der Waals surface area contributed by atoms with Crippen LogP contribution in [-0.2, 0) is 6.42 Å². The van der Waals surface area contributed by atoms with Gasteiger partial charge in [-0.2, -0.15) is 0 Å². The maximum Gasteiger partial charge on any atom is 0.225 e. The van der Waals surface area contributed by atoms with Crippen LogP contribution in [0.1, 0.15) is 12.5 Å². The highest BCUT2D eigenvalue weighted by atomic mass is 35.5. The molecule has 0 unspecified atom stereocenters. The molecule has 8 heteroatoms. The summed E-state index contributed by atoms with van der Waals surface area (Å²) in [6.45, 7) is 7.01. The summed E-state index contributed by atoms with van der Waals surface area (Å²) in [4.78, 5) is 17.9. The number of aromatic nitrogens is 2. The minimum Gasteiger partial charge on any atom is -0.357 e. The van der Waals surface area contributed by atoms with E-state index in [-0.39, 0.29) is 0 Å². The van der Waals surface area contributed by atoms with E-state index in [0.29, 0.717) is 23.0 Å². The second-order valence-electron chi connectivity index (χ2n) is 6.21. The van der Waals surface area contributed by atoms with E-state index in [2.05, 4.69) is 32.0 Å². The predicted molar refractivity (Wildman–Crippen MR) is 112 cm³/mol. The maximum absolute atomic E-state index is 6.25. The Bertz CT molecular complexity index is 740. The van der Waals surface area contributed by atoms with Gasteiger partial charge in [-0.05, 0) is 37.1 Å². The molecule has 0 radical (unpaired) electrons. The van der Waals surface area contributed by atoms with Crippen molar-refractivity contribution in [1.29, 1.82) is 0 Å². The van der Waals surface area contributed by atoms with Gasteiger partial charge in [0.15, 0.2) is 5.96 Å². The summed E-state index contributed by atoms with van der Waals surface area (Å²) in [6.07, 6.45) is 4.27. The highest BCUT2D eigenvalue weighted by Gasteiger charge is 2.21. The van der Waals surface area contributed by atoms with Gasteiger partial charge in [0.25, 0.3) is 0 Å². The number of halogens is 2. The zero-order valence-electron chi connectivity index (χ0n) is 15.4. The Morgan fingerprint density at radius 2 is 1.74 bits per heavy atom. The first-order valence-electron chi connectivity index (χ1n) is 9.17. The Kier molecular flexibility index (Phi) is 7.12. The van der Waals surface area contributed by atoms with Gasteiger partial charge in [0, 0.05) is 61.7 Å². The number of piperazine rings is 1. The van der Waals surface area contributed by atoms with Crippen molar-refractivity contribution in [3.05, 3.63) is 52.3 Å². The lowest BCUT2D eigenvalue weighted by Gasteiger charge is -2.36. The van der Waals surface area contributed by atoms with Gasteiger partial charge in [0.2, 0.25) is 5.95 Å². The summed E-state index contributed by atoms with van der Waals surface area (Å²) in [5.41, 5.74) is 0.950. The molecule has 2 heterocycles. The van der Waals surface area contributed by atoms with Crippen molar-refractivity contribution >= 4 is 35.1 Å². The van der Waals surface area contributed by atoms with Crippen molar-refractivity contribution in [2.45, 2.75) is 13.3 Å². The summed E-state index contributed by atoms with van der Waals surface area (Å²) < 4.78 is 0. The number of guanidine groups is 1. The Hall–Kier alpha value is -2.05. The smallest absolute Gasteiger partial charge is 0.225 e. The predicted octanol–water partition coefficient (Wildman–Crippen LogP) is 3.11. The van der Waals surface area contributed by atoms with Crippen LogP contribution in [0, 0.1) is 0 Å². The van der Waals surface area contributed by atoms with Gasteiger partial charge >= 0.3 is 0 Å². The number of rotatable bonds is 5. The normalized spacial score (nSPS) is 15.1. The molecule has 1 saturated heterocycles. The first-order valence-corrected chi connectivity index (χ1v) is 9.92. The Morgan fingerprint density at radius 1 is 1.07 bits per heavy atom. The third kappa shape index (κ3) is 5.23. The van der Waals surface area contributed by atoms with Crippen LogP contribution in [0.25, 0.3) is 0 Å². The Morgan fingerprint density at radius 3 is 2.37 bits per heavy atom. The fraction of sp³-hybridized carbons (Fsp3) is 0.421. The van der Waals surface area contributed by atoms with Crippen LogP contribution in [-0.4, -0.2) is 60.1 Å². The molecule has 6 nitrogen and oxygen atoms in total. The molecule has 3 rings (SSSR count). The fourth-order valence-corrected chi connectivity index (χ4v) is 3.63. The average Bonchev–Trinajstić information content (AvgIpc) is 2.70. The number of nitrogens with one attached hydrogen (secondary N) is 1. The second kappa shape index (κ2) is 9.76. The summed E-state index contributed by atoms with van der Waals surface area (Å²) in [5, 5.41) is 4.77. The molecule has 1 aromatic heterocycles. The van der Waals surface area contributed by atoms with E-state index < -0.39 is 0 Å². The van der Waals surface area contributed by atoms with Crippen LogP contribution >= 0.6 is 23.2 Å². The van der Waals surface area contributed by atoms with Gasteiger partial charge in [-0.3, -0.25) is 4.99 Å². The third-order valence-electron chi connectivity index (χ3n) is 4.43. The minimum atomic E-state index is 0.633. The number of benzene rings is 1. The quantitative estimate of drug-likeness (QED) is 0.610. The lowest BCUT2D eigenvalue weighted by Crippen LogP contribution is -2.53. The van der Waals surface area contributed by atoms with Crippen molar-refractivity contribution in [2.75, 3.05) is 44.2 Å². The Labute approximate surface area is 170 Å². The Balaban J connectivity index is 1.59. The van der Waals surface area contributed by atoms with Crippen molar-refractivity contribution in [1.82, 2.24) is 20.2 Å².